The standard InChI is InChI=1S/C23H22O/c1-4-11-19(12-5-1)22-17-10-18-24-23(22,20-13-6-2-7-14-20)21-15-8-3-9-16-21/h1-9,11-16,22H,10,17-18H2. The van der Waals surface area contributed by atoms with Gasteiger partial charge in [0.15, 0.2) is 0 Å². The van der Waals surface area contributed by atoms with E-state index >= 15 is 0 Å². The highest BCUT2D eigenvalue weighted by molar-refractivity contribution is 5.42. The molecule has 4 rings (SSSR count). The fourth-order valence-corrected chi connectivity index (χ4v) is 4.02. The molecule has 1 unspecified atom stereocenters. The quantitative estimate of drug-likeness (QED) is 0.618. The molecule has 1 fully saturated rings. The van der Waals surface area contributed by atoms with Crippen molar-refractivity contribution in [2.45, 2.75) is 24.4 Å². The molecule has 0 aromatic heterocycles. The van der Waals surface area contributed by atoms with Gasteiger partial charge >= 0.3 is 0 Å². The predicted octanol–water partition coefficient (Wildman–Crippen LogP) is 5.52. The lowest BCUT2D eigenvalue weighted by atomic mass is 9.69. The normalized spacial score (nSPS) is 19.8. The highest BCUT2D eigenvalue weighted by atomic mass is 16.5. The molecular formula is C23H22O. The molecule has 3 aromatic carbocycles. The second-order valence-electron chi connectivity index (χ2n) is 6.42. The fraction of sp³-hybridized carbons (Fsp3) is 0.217. The highest BCUT2D eigenvalue weighted by Gasteiger charge is 2.45. The summed E-state index contributed by atoms with van der Waals surface area (Å²) >= 11 is 0. The van der Waals surface area contributed by atoms with Crippen LogP contribution in [0.15, 0.2) is 91.0 Å². The van der Waals surface area contributed by atoms with Gasteiger partial charge in [0.05, 0.1) is 0 Å². The second-order valence-corrected chi connectivity index (χ2v) is 6.42. The fourth-order valence-electron chi connectivity index (χ4n) is 4.02. The van der Waals surface area contributed by atoms with E-state index in [-0.39, 0.29) is 0 Å². The zero-order chi connectivity index (χ0) is 16.2. The van der Waals surface area contributed by atoms with Crippen molar-refractivity contribution in [1.82, 2.24) is 0 Å². The first-order chi connectivity index (χ1) is 11.9. The number of rotatable bonds is 3. The number of hydrogen-bond donors (Lipinski definition) is 0. The third-order valence-electron chi connectivity index (χ3n) is 5.06. The van der Waals surface area contributed by atoms with E-state index in [1.807, 2.05) is 0 Å². The Balaban J connectivity index is 1.94. The van der Waals surface area contributed by atoms with Crippen LogP contribution < -0.4 is 0 Å². The molecule has 1 atom stereocenters. The third-order valence-corrected chi connectivity index (χ3v) is 5.06. The van der Waals surface area contributed by atoms with Crippen LogP contribution in [0.1, 0.15) is 35.4 Å². The van der Waals surface area contributed by atoms with E-state index in [9.17, 15) is 0 Å². The van der Waals surface area contributed by atoms with Gasteiger partial charge in [-0.2, -0.15) is 0 Å². The summed E-state index contributed by atoms with van der Waals surface area (Å²) in [5.74, 6) is 0.317. The highest BCUT2D eigenvalue weighted by Crippen LogP contribution is 2.50. The summed E-state index contributed by atoms with van der Waals surface area (Å²) in [5.41, 5.74) is 3.42. The van der Waals surface area contributed by atoms with Crippen molar-refractivity contribution in [1.29, 1.82) is 0 Å². The molecule has 1 nitrogen and oxygen atoms in total. The zero-order valence-corrected chi connectivity index (χ0v) is 13.8. The largest absolute Gasteiger partial charge is 0.365 e. The molecule has 24 heavy (non-hydrogen) atoms. The van der Waals surface area contributed by atoms with Crippen LogP contribution in [0.2, 0.25) is 0 Å². The smallest absolute Gasteiger partial charge is 0.125 e. The lowest BCUT2D eigenvalue weighted by Crippen LogP contribution is -2.41. The molecule has 1 saturated heterocycles. The first kappa shape index (κ1) is 15.2. The maximum absolute atomic E-state index is 6.60. The van der Waals surface area contributed by atoms with Crippen LogP contribution in [0, 0.1) is 0 Å². The van der Waals surface area contributed by atoms with Crippen molar-refractivity contribution in [2.75, 3.05) is 6.61 Å². The molecule has 120 valence electrons. The number of hydrogen-bond acceptors (Lipinski definition) is 1. The molecule has 0 aliphatic carbocycles. The van der Waals surface area contributed by atoms with Crippen molar-refractivity contribution in [2.24, 2.45) is 0 Å². The summed E-state index contributed by atoms with van der Waals surface area (Å²) in [7, 11) is 0. The first-order valence-electron chi connectivity index (χ1n) is 8.71. The molecule has 1 heteroatoms. The Hall–Kier alpha value is -2.38. The summed E-state index contributed by atoms with van der Waals surface area (Å²) < 4.78 is 6.60. The van der Waals surface area contributed by atoms with Crippen molar-refractivity contribution >= 4 is 0 Å². The minimum atomic E-state index is -0.415. The Morgan fingerprint density at radius 2 is 1.17 bits per heavy atom. The maximum atomic E-state index is 6.60. The van der Waals surface area contributed by atoms with Crippen LogP contribution in [0.4, 0.5) is 0 Å². The van der Waals surface area contributed by atoms with Crippen molar-refractivity contribution in [3.63, 3.8) is 0 Å². The Bertz CT molecular complexity index is 725. The maximum Gasteiger partial charge on any atom is 0.125 e. The van der Waals surface area contributed by atoms with E-state index in [0.29, 0.717) is 5.92 Å². The molecule has 1 heterocycles. The van der Waals surface area contributed by atoms with Gasteiger partial charge in [0, 0.05) is 12.5 Å². The van der Waals surface area contributed by atoms with Crippen molar-refractivity contribution in [3.05, 3.63) is 108 Å². The van der Waals surface area contributed by atoms with E-state index < -0.39 is 5.60 Å². The van der Waals surface area contributed by atoms with Gasteiger partial charge in [0.25, 0.3) is 0 Å². The van der Waals surface area contributed by atoms with Crippen LogP contribution in [-0.4, -0.2) is 6.61 Å². The lowest BCUT2D eigenvalue weighted by Gasteiger charge is -2.45. The van der Waals surface area contributed by atoms with Crippen LogP contribution in [0.25, 0.3) is 0 Å². The van der Waals surface area contributed by atoms with Gasteiger partial charge in [0.2, 0.25) is 0 Å². The van der Waals surface area contributed by atoms with Gasteiger partial charge in [-0.15, -0.1) is 0 Å². The molecular weight excluding hydrogens is 292 g/mol. The van der Waals surface area contributed by atoms with Crippen LogP contribution >= 0.6 is 0 Å². The van der Waals surface area contributed by atoms with E-state index in [2.05, 4.69) is 91.0 Å². The van der Waals surface area contributed by atoms with Gasteiger partial charge < -0.3 is 4.74 Å². The Morgan fingerprint density at radius 1 is 0.667 bits per heavy atom. The molecule has 0 amide bonds. The average molecular weight is 314 g/mol. The van der Waals surface area contributed by atoms with Crippen LogP contribution in [0.3, 0.4) is 0 Å². The minimum absolute atomic E-state index is 0.317. The molecule has 0 bridgehead atoms. The lowest BCUT2D eigenvalue weighted by molar-refractivity contribution is -0.0705. The number of benzene rings is 3. The van der Waals surface area contributed by atoms with Gasteiger partial charge in [0.1, 0.15) is 5.60 Å². The first-order valence-corrected chi connectivity index (χ1v) is 8.71. The molecule has 0 saturated carbocycles. The van der Waals surface area contributed by atoms with E-state index in [0.717, 1.165) is 19.4 Å². The summed E-state index contributed by atoms with van der Waals surface area (Å²) in [6.45, 7) is 0.799. The second kappa shape index (κ2) is 6.62. The molecule has 1 aliphatic heterocycles. The summed E-state index contributed by atoms with van der Waals surface area (Å²) in [5, 5.41) is 0. The molecule has 0 N–H and O–H groups in total. The number of ether oxygens (including phenoxy) is 1. The minimum Gasteiger partial charge on any atom is -0.365 e. The summed E-state index contributed by atoms with van der Waals surface area (Å²) in [6, 6.07) is 32.2. The summed E-state index contributed by atoms with van der Waals surface area (Å²) in [4.78, 5) is 0. The zero-order valence-electron chi connectivity index (χ0n) is 13.8. The van der Waals surface area contributed by atoms with Gasteiger partial charge in [-0.3, -0.25) is 0 Å². The van der Waals surface area contributed by atoms with Crippen molar-refractivity contribution < 1.29 is 4.74 Å². The predicted molar refractivity (Wildman–Crippen MR) is 98.0 cm³/mol. The van der Waals surface area contributed by atoms with Gasteiger partial charge in [-0.25, -0.2) is 0 Å². The van der Waals surface area contributed by atoms with Gasteiger partial charge in [-0.1, -0.05) is 91.0 Å². The SMILES string of the molecule is c1ccc(C2CCCOC2(c2ccccc2)c2ccccc2)cc1. The van der Waals surface area contributed by atoms with Crippen molar-refractivity contribution in [3.8, 4) is 0 Å². The topological polar surface area (TPSA) is 9.23 Å². The monoisotopic (exact) mass is 314 g/mol. The Kier molecular flexibility index (Phi) is 4.18. The van der Waals surface area contributed by atoms with Crippen LogP contribution in [-0.2, 0) is 10.3 Å². The third kappa shape index (κ3) is 2.55. The Labute approximate surface area is 143 Å². The van der Waals surface area contributed by atoms with E-state index in [1.165, 1.54) is 16.7 Å². The van der Waals surface area contributed by atoms with Crippen LogP contribution in [0.5, 0.6) is 0 Å². The summed E-state index contributed by atoms with van der Waals surface area (Å²) in [6.07, 6.45) is 2.23. The van der Waals surface area contributed by atoms with E-state index in [4.69, 9.17) is 4.74 Å². The Morgan fingerprint density at radius 3 is 1.71 bits per heavy atom. The molecule has 1 aliphatic rings. The molecule has 0 radical (unpaired) electrons. The molecule has 0 spiro atoms. The molecule has 3 aromatic rings. The average Bonchev–Trinajstić information content (AvgIpc) is 2.70. The van der Waals surface area contributed by atoms with E-state index in [1.54, 1.807) is 0 Å². The van der Waals surface area contributed by atoms with Gasteiger partial charge in [-0.05, 0) is 29.5 Å².